The Balaban J connectivity index is 4.22. The topological polar surface area (TPSA) is 63.6 Å². The van der Waals surface area contributed by atoms with Gasteiger partial charge in [-0.2, -0.15) is 0 Å². The number of rotatable bonds is 4. The Bertz CT molecular complexity index is 228. The molecule has 0 aliphatic rings. The maximum Gasteiger partial charge on any atom is 0.373 e. The molecule has 0 fully saturated rings. The molecule has 1 N–H and O–H groups in total. The Morgan fingerprint density at radius 3 is 2.38 bits per heavy atom. The molecule has 13 heavy (non-hydrogen) atoms. The number of hydrogen-bond donors (Lipinski definition) is 1. The van der Waals surface area contributed by atoms with Crippen LogP contribution in [0.5, 0.6) is 0 Å². The smallest absolute Gasteiger partial charge is 0.373 e. The first kappa shape index (κ1) is 11.7. The van der Waals surface area contributed by atoms with E-state index in [2.05, 4.69) is 4.74 Å². The van der Waals surface area contributed by atoms with E-state index in [1.807, 2.05) is 13.8 Å². The van der Waals surface area contributed by atoms with Crippen molar-refractivity contribution in [2.75, 3.05) is 7.11 Å². The minimum absolute atomic E-state index is 0.203. The van der Waals surface area contributed by atoms with Gasteiger partial charge in [-0.3, -0.25) is 4.79 Å². The number of ether oxygens (including phenoxy) is 1. The Morgan fingerprint density at radius 2 is 2.00 bits per heavy atom. The maximum absolute atomic E-state index is 11.0. The Labute approximate surface area is 77.2 Å². The van der Waals surface area contributed by atoms with Crippen molar-refractivity contribution >= 4 is 11.8 Å². The van der Waals surface area contributed by atoms with E-state index in [9.17, 15) is 9.59 Å². The molecule has 4 nitrogen and oxygen atoms in total. The average Bonchev–Trinajstić information content (AvgIpc) is 2.01. The molecule has 0 aromatic carbocycles. The largest absolute Gasteiger partial charge is 0.502 e. The fourth-order valence-corrected chi connectivity index (χ4v) is 0.777. The number of carbonyl (C=O) groups excluding carboxylic acids is 2. The molecule has 0 rings (SSSR count). The molecule has 0 aliphatic heterocycles. The predicted octanol–water partition coefficient (Wildman–Crippen LogP) is 1.22. The summed E-state index contributed by atoms with van der Waals surface area (Å²) in [5, 5.41) is 8.97. The summed E-state index contributed by atoms with van der Waals surface area (Å²) in [6.07, 6.45) is 1.20. The number of allylic oxidation sites excluding steroid dienone is 1. The number of ketones is 1. The molecule has 0 saturated carbocycles. The van der Waals surface area contributed by atoms with E-state index < -0.39 is 11.7 Å². The molecule has 0 aliphatic carbocycles. The van der Waals surface area contributed by atoms with Crippen molar-refractivity contribution in [2.24, 2.45) is 5.92 Å². The predicted molar refractivity (Wildman–Crippen MR) is 47.2 cm³/mol. The van der Waals surface area contributed by atoms with E-state index in [-0.39, 0.29) is 11.7 Å². The summed E-state index contributed by atoms with van der Waals surface area (Å²) < 4.78 is 4.21. The third-order valence-corrected chi connectivity index (χ3v) is 1.30. The van der Waals surface area contributed by atoms with Gasteiger partial charge in [-0.15, -0.1) is 0 Å². The van der Waals surface area contributed by atoms with Gasteiger partial charge in [0.1, 0.15) is 0 Å². The first-order valence-corrected chi connectivity index (χ1v) is 3.99. The highest BCUT2D eigenvalue weighted by atomic mass is 16.5. The summed E-state index contributed by atoms with van der Waals surface area (Å²) in [6.45, 7) is 3.75. The average molecular weight is 186 g/mol. The van der Waals surface area contributed by atoms with Crippen molar-refractivity contribution in [3.63, 3.8) is 0 Å². The lowest BCUT2D eigenvalue weighted by Gasteiger charge is -2.00. The molecule has 0 saturated heterocycles. The van der Waals surface area contributed by atoms with E-state index >= 15 is 0 Å². The Kier molecular flexibility index (Phi) is 4.80. The van der Waals surface area contributed by atoms with Gasteiger partial charge in [0, 0.05) is 12.5 Å². The van der Waals surface area contributed by atoms with Crippen molar-refractivity contribution in [3.05, 3.63) is 11.8 Å². The number of carbonyl (C=O) groups is 2. The highest BCUT2D eigenvalue weighted by Crippen LogP contribution is 2.02. The number of esters is 1. The molecule has 0 heterocycles. The molecular weight excluding hydrogens is 172 g/mol. The van der Waals surface area contributed by atoms with Gasteiger partial charge in [0.25, 0.3) is 0 Å². The SMILES string of the molecule is COC(=O)/C(O)=C/C(=O)CC(C)C. The van der Waals surface area contributed by atoms with E-state index in [4.69, 9.17) is 5.11 Å². The lowest BCUT2D eigenvalue weighted by molar-refractivity contribution is -0.139. The summed E-state index contributed by atoms with van der Waals surface area (Å²) in [4.78, 5) is 21.7. The van der Waals surface area contributed by atoms with Gasteiger partial charge in [0.2, 0.25) is 5.76 Å². The van der Waals surface area contributed by atoms with Crippen LogP contribution in [0, 0.1) is 5.92 Å². The summed E-state index contributed by atoms with van der Waals surface area (Å²) >= 11 is 0. The van der Waals surface area contributed by atoms with Crippen LogP contribution in [-0.4, -0.2) is 24.0 Å². The van der Waals surface area contributed by atoms with Crippen LogP contribution in [0.15, 0.2) is 11.8 Å². The zero-order chi connectivity index (χ0) is 10.4. The maximum atomic E-state index is 11.0. The first-order valence-electron chi connectivity index (χ1n) is 3.99. The number of methoxy groups -OCH3 is 1. The molecule has 0 bridgehead atoms. The fraction of sp³-hybridized carbons (Fsp3) is 0.556. The highest BCUT2D eigenvalue weighted by molar-refractivity contribution is 5.97. The zero-order valence-corrected chi connectivity index (χ0v) is 8.03. The second-order valence-corrected chi connectivity index (χ2v) is 3.09. The van der Waals surface area contributed by atoms with Gasteiger partial charge in [-0.25, -0.2) is 4.79 Å². The summed E-state index contributed by atoms with van der Waals surface area (Å²) in [5.74, 6) is -1.61. The number of aliphatic hydroxyl groups is 1. The fourth-order valence-electron chi connectivity index (χ4n) is 0.777. The third-order valence-electron chi connectivity index (χ3n) is 1.30. The number of hydrogen-bond acceptors (Lipinski definition) is 4. The molecule has 0 aromatic rings. The van der Waals surface area contributed by atoms with Gasteiger partial charge in [0.05, 0.1) is 7.11 Å². The molecule has 4 heteroatoms. The summed E-state index contributed by atoms with van der Waals surface area (Å²) in [7, 11) is 1.14. The molecule has 74 valence electrons. The van der Waals surface area contributed by atoms with Crippen LogP contribution in [0.3, 0.4) is 0 Å². The summed E-state index contributed by atoms with van der Waals surface area (Å²) in [5.41, 5.74) is 0. The van der Waals surface area contributed by atoms with Crippen molar-refractivity contribution in [1.29, 1.82) is 0 Å². The highest BCUT2D eigenvalue weighted by Gasteiger charge is 2.10. The molecule has 0 amide bonds. The van der Waals surface area contributed by atoms with Crippen molar-refractivity contribution in [3.8, 4) is 0 Å². The Morgan fingerprint density at radius 1 is 1.46 bits per heavy atom. The van der Waals surface area contributed by atoms with Crippen LogP contribution in [0.4, 0.5) is 0 Å². The van der Waals surface area contributed by atoms with Crippen molar-refractivity contribution in [2.45, 2.75) is 20.3 Å². The lowest BCUT2D eigenvalue weighted by Crippen LogP contribution is -2.07. The van der Waals surface area contributed by atoms with Crippen LogP contribution >= 0.6 is 0 Å². The minimum atomic E-state index is -0.892. The first-order chi connectivity index (χ1) is 5.97. The van der Waals surface area contributed by atoms with Crippen LogP contribution in [0.25, 0.3) is 0 Å². The second-order valence-electron chi connectivity index (χ2n) is 3.09. The third kappa shape index (κ3) is 5.00. The molecule has 0 atom stereocenters. The van der Waals surface area contributed by atoms with Gasteiger partial charge in [0.15, 0.2) is 5.78 Å². The molecule has 0 unspecified atom stereocenters. The van der Waals surface area contributed by atoms with Gasteiger partial charge in [-0.1, -0.05) is 13.8 Å². The van der Waals surface area contributed by atoms with Crippen LogP contribution in [-0.2, 0) is 14.3 Å². The summed E-state index contributed by atoms with van der Waals surface area (Å²) in [6, 6.07) is 0. The zero-order valence-electron chi connectivity index (χ0n) is 8.03. The van der Waals surface area contributed by atoms with E-state index in [0.717, 1.165) is 13.2 Å². The standard InChI is InChI=1S/C9H14O4/c1-6(2)4-7(10)5-8(11)9(12)13-3/h5-6,11H,4H2,1-3H3/b8-5-. The van der Waals surface area contributed by atoms with Gasteiger partial charge in [-0.05, 0) is 5.92 Å². The number of aliphatic hydroxyl groups excluding tert-OH is 1. The van der Waals surface area contributed by atoms with E-state index in [1.54, 1.807) is 0 Å². The normalized spacial score (nSPS) is 11.5. The van der Waals surface area contributed by atoms with Gasteiger partial charge < -0.3 is 9.84 Å². The van der Waals surface area contributed by atoms with Crippen molar-refractivity contribution < 1.29 is 19.4 Å². The monoisotopic (exact) mass is 186 g/mol. The Hall–Kier alpha value is -1.32. The molecule has 0 spiro atoms. The quantitative estimate of drug-likeness (QED) is 0.407. The van der Waals surface area contributed by atoms with Crippen LogP contribution in [0.1, 0.15) is 20.3 Å². The van der Waals surface area contributed by atoms with E-state index in [0.29, 0.717) is 6.42 Å². The van der Waals surface area contributed by atoms with Gasteiger partial charge >= 0.3 is 5.97 Å². The van der Waals surface area contributed by atoms with Crippen LogP contribution in [0.2, 0.25) is 0 Å². The minimum Gasteiger partial charge on any atom is -0.502 e. The molecule has 0 radical (unpaired) electrons. The van der Waals surface area contributed by atoms with Crippen molar-refractivity contribution in [1.82, 2.24) is 0 Å². The van der Waals surface area contributed by atoms with E-state index in [1.165, 1.54) is 0 Å². The lowest BCUT2D eigenvalue weighted by atomic mass is 10.1. The second kappa shape index (κ2) is 5.35. The molecule has 0 aromatic heterocycles. The molecular formula is C9H14O4. The van der Waals surface area contributed by atoms with Crippen LogP contribution < -0.4 is 0 Å².